The molecule has 0 unspecified atom stereocenters. The number of fused-ring (bicyclic) bond motifs is 1. The minimum Gasteiger partial charge on any atom is -0.548 e. The lowest BCUT2D eigenvalue weighted by Crippen LogP contribution is -2.52. The molecule has 8 heteroatoms. The predicted molar refractivity (Wildman–Crippen MR) is 65.0 cm³/mol. The van der Waals surface area contributed by atoms with Gasteiger partial charge < -0.3 is 20.2 Å². The van der Waals surface area contributed by atoms with E-state index in [-0.39, 0.29) is 6.42 Å². The molecule has 1 atom stereocenters. The Morgan fingerprint density at radius 1 is 1.29 bits per heavy atom. The number of rotatable bonds is 4. The fourth-order valence-corrected chi connectivity index (χ4v) is 1.95. The maximum absolute atomic E-state index is 12.2. The van der Waals surface area contributed by atoms with E-state index in [1.807, 2.05) is 0 Å². The molecule has 0 radical (unpaired) electrons. The fourth-order valence-electron chi connectivity index (χ4n) is 1.95. The average Bonchev–Trinajstić information content (AvgIpc) is 2.80. The van der Waals surface area contributed by atoms with Gasteiger partial charge in [-0.15, -0.1) is 0 Å². The lowest BCUT2D eigenvalue weighted by Gasteiger charge is -2.20. The molecule has 0 aliphatic rings. The largest absolute Gasteiger partial charge is 0.548 e. The van der Waals surface area contributed by atoms with Crippen molar-refractivity contribution in [1.82, 2.24) is 10.3 Å². The molecule has 1 amide bonds. The Kier molecular flexibility index (Phi) is 3.88. The number of hydrogen-bond donors (Lipinski definition) is 2. The zero-order chi connectivity index (χ0) is 15.6. The number of H-pyrrole nitrogens is 1. The number of carbonyl (C=O) groups is 2. The smallest absolute Gasteiger partial charge is 0.471 e. The van der Waals surface area contributed by atoms with Crippen LogP contribution in [0.2, 0.25) is 0 Å². The Balaban J connectivity index is 2.21. The van der Waals surface area contributed by atoms with Crippen LogP contribution in [0.3, 0.4) is 0 Å². The molecule has 2 aromatic rings. The summed E-state index contributed by atoms with van der Waals surface area (Å²) in [6.45, 7) is 0. The molecule has 0 saturated heterocycles. The first-order chi connectivity index (χ1) is 9.79. The summed E-state index contributed by atoms with van der Waals surface area (Å²) in [5.74, 6) is -4.09. The average molecular weight is 299 g/mol. The third kappa shape index (κ3) is 3.33. The number of alkyl halides is 3. The number of halogens is 3. The number of aromatic amines is 1. The van der Waals surface area contributed by atoms with Crippen molar-refractivity contribution in [3.63, 3.8) is 0 Å². The molecule has 0 fully saturated rings. The molecule has 5 nitrogen and oxygen atoms in total. The van der Waals surface area contributed by atoms with E-state index in [9.17, 15) is 27.9 Å². The van der Waals surface area contributed by atoms with Crippen molar-refractivity contribution >= 4 is 22.8 Å². The van der Waals surface area contributed by atoms with Crippen LogP contribution in [0.4, 0.5) is 13.2 Å². The fraction of sp³-hybridized carbons (Fsp3) is 0.231. The van der Waals surface area contributed by atoms with Crippen molar-refractivity contribution < 1.29 is 27.9 Å². The number of aliphatic carboxylic acids is 1. The van der Waals surface area contributed by atoms with Crippen LogP contribution in [-0.4, -0.2) is 29.1 Å². The van der Waals surface area contributed by atoms with Gasteiger partial charge in [-0.05, 0) is 11.6 Å². The van der Waals surface area contributed by atoms with Crippen LogP contribution in [0.15, 0.2) is 30.5 Å². The van der Waals surface area contributed by atoms with Crippen LogP contribution in [0.25, 0.3) is 10.9 Å². The minimum atomic E-state index is -5.14. The summed E-state index contributed by atoms with van der Waals surface area (Å²) in [5, 5.41) is 13.0. The van der Waals surface area contributed by atoms with Gasteiger partial charge in [-0.1, -0.05) is 18.2 Å². The Bertz CT molecular complexity index is 679. The molecule has 0 bridgehead atoms. The standard InChI is InChI=1S/C13H11F3N2O3/c14-13(15,16)12(21)18-10(11(19)20)5-7-6-17-9-4-2-1-3-8(7)9/h1-4,6,10,17H,5H2,(H,18,21)(H,19,20)/p-1/t10-/m0/s1. The van der Waals surface area contributed by atoms with Gasteiger partial charge >= 0.3 is 12.1 Å². The maximum Gasteiger partial charge on any atom is 0.471 e. The first kappa shape index (κ1) is 14.9. The number of aromatic nitrogens is 1. The number of carbonyl (C=O) groups excluding carboxylic acids is 2. The summed E-state index contributed by atoms with van der Waals surface area (Å²) in [6, 6.07) is 5.13. The molecule has 0 saturated carbocycles. The molecular weight excluding hydrogens is 289 g/mol. The van der Waals surface area contributed by atoms with Crippen molar-refractivity contribution in [3.05, 3.63) is 36.0 Å². The normalized spacial score (nSPS) is 13.1. The van der Waals surface area contributed by atoms with Gasteiger partial charge in [-0.2, -0.15) is 13.2 Å². The Morgan fingerprint density at radius 2 is 1.95 bits per heavy atom. The first-order valence-electron chi connectivity index (χ1n) is 5.92. The second-order valence-electron chi connectivity index (χ2n) is 4.41. The number of para-hydroxylation sites is 1. The highest BCUT2D eigenvalue weighted by Crippen LogP contribution is 2.20. The zero-order valence-electron chi connectivity index (χ0n) is 10.5. The summed E-state index contributed by atoms with van der Waals surface area (Å²) in [7, 11) is 0. The Labute approximate surface area is 116 Å². The van der Waals surface area contributed by atoms with Gasteiger partial charge in [-0.25, -0.2) is 0 Å². The van der Waals surface area contributed by atoms with Crippen LogP contribution < -0.4 is 10.4 Å². The first-order valence-corrected chi connectivity index (χ1v) is 5.92. The topological polar surface area (TPSA) is 85.0 Å². The number of carboxylic acids is 1. The second-order valence-corrected chi connectivity index (χ2v) is 4.41. The van der Waals surface area contributed by atoms with Crippen molar-refractivity contribution in [2.75, 3.05) is 0 Å². The van der Waals surface area contributed by atoms with Gasteiger partial charge in [0, 0.05) is 23.5 Å². The highest BCUT2D eigenvalue weighted by molar-refractivity contribution is 5.88. The number of carboxylic acid groups (broad SMARTS) is 1. The van der Waals surface area contributed by atoms with E-state index >= 15 is 0 Å². The molecule has 2 rings (SSSR count). The molecule has 1 aromatic heterocycles. The molecule has 0 aliphatic carbocycles. The van der Waals surface area contributed by atoms with E-state index in [0.717, 1.165) is 0 Å². The third-order valence-corrected chi connectivity index (χ3v) is 2.95. The summed E-state index contributed by atoms with van der Waals surface area (Å²) in [6.07, 6.45) is -3.97. The van der Waals surface area contributed by atoms with Crippen LogP contribution in [0.1, 0.15) is 5.56 Å². The molecule has 21 heavy (non-hydrogen) atoms. The summed E-state index contributed by atoms with van der Waals surface area (Å²) in [4.78, 5) is 24.6. The Hall–Kier alpha value is -2.51. The van der Waals surface area contributed by atoms with Crippen LogP contribution >= 0.6 is 0 Å². The van der Waals surface area contributed by atoms with Gasteiger partial charge in [0.25, 0.3) is 0 Å². The quantitative estimate of drug-likeness (QED) is 0.862. The highest BCUT2D eigenvalue weighted by Gasteiger charge is 2.39. The zero-order valence-corrected chi connectivity index (χ0v) is 10.5. The van der Waals surface area contributed by atoms with Crippen molar-refractivity contribution in [3.8, 4) is 0 Å². The van der Waals surface area contributed by atoms with E-state index in [2.05, 4.69) is 4.98 Å². The summed E-state index contributed by atoms with van der Waals surface area (Å²) in [5.41, 5.74) is 1.19. The Morgan fingerprint density at radius 3 is 2.57 bits per heavy atom. The van der Waals surface area contributed by atoms with Gasteiger partial charge in [0.2, 0.25) is 0 Å². The predicted octanol–water partition coefficient (Wildman–Crippen LogP) is 0.507. The highest BCUT2D eigenvalue weighted by atomic mass is 19.4. The molecule has 2 N–H and O–H groups in total. The van der Waals surface area contributed by atoms with Crippen LogP contribution in [0.5, 0.6) is 0 Å². The summed E-state index contributed by atoms with van der Waals surface area (Å²) >= 11 is 0. The van der Waals surface area contributed by atoms with Gasteiger partial charge in [0.15, 0.2) is 0 Å². The monoisotopic (exact) mass is 299 g/mol. The lowest BCUT2D eigenvalue weighted by molar-refractivity contribution is -0.308. The number of amides is 1. The minimum absolute atomic E-state index is 0.311. The molecule has 0 spiro atoms. The van der Waals surface area contributed by atoms with Gasteiger partial charge in [-0.3, -0.25) is 4.79 Å². The molecule has 0 aliphatic heterocycles. The van der Waals surface area contributed by atoms with Gasteiger partial charge in [0.1, 0.15) is 0 Å². The summed E-state index contributed by atoms with van der Waals surface area (Å²) < 4.78 is 36.5. The van der Waals surface area contributed by atoms with E-state index in [1.165, 1.54) is 11.5 Å². The number of hydrogen-bond acceptors (Lipinski definition) is 3. The van der Waals surface area contributed by atoms with Crippen LogP contribution in [0, 0.1) is 0 Å². The van der Waals surface area contributed by atoms with E-state index in [4.69, 9.17) is 0 Å². The van der Waals surface area contributed by atoms with E-state index < -0.39 is 24.1 Å². The van der Waals surface area contributed by atoms with E-state index in [1.54, 1.807) is 24.3 Å². The van der Waals surface area contributed by atoms with Gasteiger partial charge in [0.05, 0.1) is 12.0 Å². The molecular formula is C13H10F3N2O3-. The maximum atomic E-state index is 12.2. The van der Waals surface area contributed by atoms with E-state index in [0.29, 0.717) is 16.5 Å². The second kappa shape index (κ2) is 5.47. The van der Waals surface area contributed by atoms with Crippen molar-refractivity contribution in [2.24, 2.45) is 0 Å². The lowest BCUT2D eigenvalue weighted by atomic mass is 10.0. The molecule has 112 valence electrons. The number of benzene rings is 1. The van der Waals surface area contributed by atoms with Crippen molar-refractivity contribution in [2.45, 2.75) is 18.6 Å². The third-order valence-electron chi connectivity index (χ3n) is 2.95. The van der Waals surface area contributed by atoms with Crippen molar-refractivity contribution in [1.29, 1.82) is 0 Å². The molecule has 1 aromatic carbocycles. The molecule has 1 heterocycles. The van der Waals surface area contributed by atoms with Crippen LogP contribution in [-0.2, 0) is 16.0 Å². The SMILES string of the molecule is O=C([O-])[C@H](Cc1c[nH]c2ccccc12)NC(=O)C(F)(F)F. The number of nitrogens with one attached hydrogen (secondary N) is 2.